The van der Waals surface area contributed by atoms with Crippen molar-refractivity contribution in [1.29, 1.82) is 0 Å². The number of benzene rings is 1. The van der Waals surface area contributed by atoms with Crippen LogP contribution in [0.1, 0.15) is 29.5 Å². The minimum Gasteiger partial charge on any atom is -0.325 e. The molecule has 0 unspecified atom stereocenters. The summed E-state index contributed by atoms with van der Waals surface area (Å²) in [5, 5.41) is 0.245. The number of rotatable bonds is 2. The third-order valence-electron chi connectivity index (χ3n) is 3.28. The van der Waals surface area contributed by atoms with Gasteiger partial charge in [-0.25, -0.2) is 4.39 Å². The average Bonchev–Trinajstić information content (AvgIpc) is 2.89. The summed E-state index contributed by atoms with van der Waals surface area (Å²) in [4.78, 5) is 0. The van der Waals surface area contributed by atoms with Crippen molar-refractivity contribution in [1.82, 2.24) is 0 Å². The Morgan fingerprint density at radius 1 is 1.47 bits per heavy atom. The van der Waals surface area contributed by atoms with E-state index in [0.717, 1.165) is 29.5 Å². The molecule has 0 aliphatic heterocycles. The third-order valence-corrected chi connectivity index (χ3v) is 3.69. The first-order valence-corrected chi connectivity index (χ1v) is 5.54. The van der Waals surface area contributed by atoms with Crippen LogP contribution >= 0.6 is 11.6 Å². The van der Waals surface area contributed by atoms with E-state index >= 15 is 0 Å². The number of hydrogen-bond acceptors (Lipinski definition) is 1. The Bertz CT molecular complexity index is 384. The van der Waals surface area contributed by atoms with Crippen molar-refractivity contribution < 1.29 is 4.39 Å². The van der Waals surface area contributed by atoms with Crippen LogP contribution in [0.25, 0.3) is 0 Å². The van der Waals surface area contributed by atoms with Crippen LogP contribution in [-0.2, 0) is 6.42 Å². The zero-order chi connectivity index (χ0) is 11.2. The average molecular weight is 228 g/mol. The smallest absolute Gasteiger partial charge is 0.142 e. The molecule has 1 aliphatic rings. The number of nitrogens with two attached hydrogens (primary N) is 1. The maximum Gasteiger partial charge on any atom is 0.142 e. The van der Waals surface area contributed by atoms with E-state index in [0.29, 0.717) is 6.42 Å². The van der Waals surface area contributed by atoms with Gasteiger partial charge in [-0.1, -0.05) is 11.6 Å². The first-order chi connectivity index (χ1) is 6.93. The van der Waals surface area contributed by atoms with Crippen LogP contribution in [0.2, 0.25) is 5.02 Å². The van der Waals surface area contributed by atoms with Gasteiger partial charge in [0.1, 0.15) is 5.82 Å². The Morgan fingerprint density at radius 2 is 2.07 bits per heavy atom. The minimum absolute atomic E-state index is 0.130. The van der Waals surface area contributed by atoms with Crippen molar-refractivity contribution in [2.45, 2.75) is 38.6 Å². The highest BCUT2D eigenvalue weighted by atomic mass is 35.5. The maximum absolute atomic E-state index is 13.4. The van der Waals surface area contributed by atoms with E-state index in [-0.39, 0.29) is 16.4 Å². The van der Waals surface area contributed by atoms with E-state index in [1.165, 1.54) is 6.07 Å². The fourth-order valence-electron chi connectivity index (χ4n) is 1.81. The zero-order valence-corrected chi connectivity index (χ0v) is 9.79. The van der Waals surface area contributed by atoms with Crippen molar-refractivity contribution >= 4 is 11.6 Å². The second-order valence-corrected chi connectivity index (χ2v) is 5.01. The lowest BCUT2D eigenvalue weighted by atomic mass is 9.96. The van der Waals surface area contributed by atoms with Crippen LogP contribution < -0.4 is 5.73 Å². The molecule has 1 fully saturated rings. The molecule has 2 N–H and O–H groups in total. The normalized spacial score (nSPS) is 17.9. The molecule has 1 nitrogen and oxygen atoms in total. The quantitative estimate of drug-likeness (QED) is 0.826. The fourth-order valence-corrected chi connectivity index (χ4v) is 2.07. The van der Waals surface area contributed by atoms with E-state index in [2.05, 4.69) is 0 Å². The maximum atomic E-state index is 13.4. The highest BCUT2D eigenvalue weighted by molar-refractivity contribution is 6.31. The molecule has 0 spiro atoms. The van der Waals surface area contributed by atoms with Gasteiger partial charge in [-0.2, -0.15) is 0 Å². The Balaban J connectivity index is 2.44. The molecule has 1 aromatic rings. The van der Waals surface area contributed by atoms with Gasteiger partial charge in [0.2, 0.25) is 0 Å². The van der Waals surface area contributed by atoms with Crippen molar-refractivity contribution in [2.24, 2.45) is 5.73 Å². The van der Waals surface area contributed by atoms with E-state index in [1.807, 2.05) is 13.8 Å². The Kier molecular flexibility index (Phi) is 2.52. The number of hydrogen-bond donors (Lipinski definition) is 1. The Hall–Kier alpha value is -0.600. The largest absolute Gasteiger partial charge is 0.325 e. The summed E-state index contributed by atoms with van der Waals surface area (Å²) in [5.41, 5.74) is 8.80. The van der Waals surface area contributed by atoms with Crippen molar-refractivity contribution in [3.8, 4) is 0 Å². The second-order valence-electron chi connectivity index (χ2n) is 4.63. The van der Waals surface area contributed by atoms with Crippen molar-refractivity contribution in [3.63, 3.8) is 0 Å². The van der Waals surface area contributed by atoms with Gasteiger partial charge < -0.3 is 5.73 Å². The molecule has 0 atom stereocenters. The predicted molar refractivity (Wildman–Crippen MR) is 60.7 cm³/mol. The number of aryl methyl sites for hydroxylation is 1. The molecule has 0 heterocycles. The van der Waals surface area contributed by atoms with Crippen LogP contribution in [0.3, 0.4) is 0 Å². The van der Waals surface area contributed by atoms with Crippen LogP contribution in [0, 0.1) is 19.7 Å². The van der Waals surface area contributed by atoms with Gasteiger partial charge in [0, 0.05) is 5.54 Å². The van der Waals surface area contributed by atoms with E-state index in [4.69, 9.17) is 17.3 Å². The molecule has 82 valence electrons. The van der Waals surface area contributed by atoms with Crippen molar-refractivity contribution in [2.75, 3.05) is 0 Å². The standard InChI is InChI=1S/C12H15ClFN/c1-7-5-10(14)11(13)9(8(7)2)6-12(15)3-4-12/h5H,3-4,6,15H2,1-2H3. The molecular weight excluding hydrogens is 213 g/mol. The molecule has 2 rings (SSSR count). The molecule has 0 saturated heterocycles. The highest BCUT2D eigenvalue weighted by Crippen LogP contribution is 2.39. The molecule has 1 saturated carbocycles. The summed E-state index contributed by atoms with van der Waals surface area (Å²) in [6.45, 7) is 3.87. The third kappa shape index (κ3) is 2.01. The van der Waals surface area contributed by atoms with Gasteiger partial charge in [0.05, 0.1) is 5.02 Å². The molecule has 1 aliphatic carbocycles. The van der Waals surface area contributed by atoms with Crippen LogP contribution in [0.15, 0.2) is 6.07 Å². The van der Waals surface area contributed by atoms with Gasteiger partial charge >= 0.3 is 0 Å². The fraction of sp³-hybridized carbons (Fsp3) is 0.500. The Labute approximate surface area is 94.4 Å². The zero-order valence-electron chi connectivity index (χ0n) is 9.03. The summed E-state index contributed by atoms with van der Waals surface area (Å²) >= 11 is 5.97. The Morgan fingerprint density at radius 3 is 2.60 bits per heavy atom. The predicted octanol–water partition coefficient (Wildman–Crippen LogP) is 3.13. The second kappa shape index (κ2) is 3.46. The molecule has 3 heteroatoms. The van der Waals surface area contributed by atoms with Gasteiger partial charge in [0.15, 0.2) is 0 Å². The molecule has 1 aromatic carbocycles. The minimum atomic E-state index is -0.334. The summed E-state index contributed by atoms with van der Waals surface area (Å²) in [7, 11) is 0. The van der Waals surface area contributed by atoms with Gasteiger partial charge in [-0.15, -0.1) is 0 Å². The van der Waals surface area contributed by atoms with E-state index in [1.54, 1.807) is 0 Å². The summed E-state index contributed by atoms with van der Waals surface area (Å²) < 4.78 is 13.4. The summed E-state index contributed by atoms with van der Waals surface area (Å²) in [6.07, 6.45) is 2.72. The lowest BCUT2D eigenvalue weighted by Gasteiger charge is -2.15. The van der Waals surface area contributed by atoms with Gasteiger partial charge in [-0.3, -0.25) is 0 Å². The monoisotopic (exact) mass is 227 g/mol. The molecule has 0 radical (unpaired) electrons. The summed E-state index contributed by atoms with van der Waals surface area (Å²) in [5.74, 6) is -0.334. The lowest BCUT2D eigenvalue weighted by molar-refractivity contribution is 0.615. The van der Waals surface area contributed by atoms with E-state index < -0.39 is 0 Å². The first-order valence-electron chi connectivity index (χ1n) is 5.16. The van der Waals surface area contributed by atoms with Crippen molar-refractivity contribution in [3.05, 3.63) is 33.6 Å². The molecule has 0 aromatic heterocycles. The van der Waals surface area contributed by atoms with Gasteiger partial charge in [-0.05, 0) is 55.9 Å². The SMILES string of the molecule is Cc1cc(F)c(Cl)c(CC2(N)CC2)c1C. The first kappa shape index (κ1) is 10.9. The van der Waals surface area contributed by atoms with Gasteiger partial charge in [0.25, 0.3) is 0 Å². The van der Waals surface area contributed by atoms with Crippen LogP contribution in [-0.4, -0.2) is 5.54 Å². The lowest BCUT2D eigenvalue weighted by Crippen LogP contribution is -2.25. The van der Waals surface area contributed by atoms with Crippen LogP contribution in [0.5, 0.6) is 0 Å². The number of halogens is 2. The molecular formula is C12H15ClFN. The topological polar surface area (TPSA) is 26.0 Å². The molecule has 0 amide bonds. The summed E-state index contributed by atoms with van der Waals surface area (Å²) in [6, 6.07) is 1.48. The molecule has 0 bridgehead atoms. The van der Waals surface area contributed by atoms with Crippen LogP contribution in [0.4, 0.5) is 4.39 Å². The highest BCUT2D eigenvalue weighted by Gasteiger charge is 2.39. The molecule has 15 heavy (non-hydrogen) atoms. The van der Waals surface area contributed by atoms with E-state index in [9.17, 15) is 4.39 Å².